The van der Waals surface area contributed by atoms with E-state index in [0.717, 1.165) is 18.8 Å². The van der Waals surface area contributed by atoms with E-state index in [9.17, 15) is 9.59 Å². The highest BCUT2D eigenvalue weighted by Crippen LogP contribution is 2.12. The van der Waals surface area contributed by atoms with Crippen molar-refractivity contribution in [2.75, 3.05) is 19.7 Å². The first-order valence-electron chi connectivity index (χ1n) is 8.49. The minimum atomic E-state index is -0.739. The SMILES string of the molecule is CCOC(=O)C1NC(C)=CC=C1NC(=O)C1C=CC(N2C=NCC2)=NN1. The number of ether oxygens (including phenoxy) is 1. The predicted molar refractivity (Wildman–Crippen MR) is 97.1 cm³/mol. The molecule has 0 aliphatic carbocycles. The maximum absolute atomic E-state index is 12.5. The number of aliphatic imine (C=N–C) groups is 1. The van der Waals surface area contributed by atoms with Crippen molar-refractivity contribution >= 4 is 24.1 Å². The standard InChI is InChI=1S/C17H22N6O3/c1-3-26-17(25)15-12(5-4-11(2)19-15)20-16(24)13-6-7-14(22-21-13)23-9-8-18-10-23/h4-7,10,13,15,19,21H,3,8-9H2,1-2H3,(H,20,24). The maximum atomic E-state index is 12.5. The zero-order valence-corrected chi connectivity index (χ0v) is 14.7. The second kappa shape index (κ2) is 7.85. The molecule has 2 atom stereocenters. The van der Waals surface area contributed by atoms with Crippen LogP contribution in [0.2, 0.25) is 0 Å². The Labute approximate surface area is 151 Å². The van der Waals surface area contributed by atoms with Crippen LogP contribution in [0, 0.1) is 0 Å². The summed E-state index contributed by atoms with van der Waals surface area (Å²) in [6.45, 7) is 5.35. The minimum Gasteiger partial charge on any atom is -0.464 e. The summed E-state index contributed by atoms with van der Waals surface area (Å²) in [6.07, 6.45) is 8.72. The van der Waals surface area contributed by atoms with Crippen molar-refractivity contribution in [3.8, 4) is 0 Å². The van der Waals surface area contributed by atoms with E-state index in [1.165, 1.54) is 0 Å². The van der Waals surface area contributed by atoms with Gasteiger partial charge in [-0.05, 0) is 38.2 Å². The maximum Gasteiger partial charge on any atom is 0.334 e. The van der Waals surface area contributed by atoms with Crippen LogP contribution in [0.15, 0.2) is 45.8 Å². The highest BCUT2D eigenvalue weighted by Gasteiger charge is 2.29. The van der Waals surface area contributed by atoms with Gasteiger partial charge in [0.25, 0.3) is 5.91 Å². The van der Waals surface area contributed by atoms with Crippen LogP contribution in [-0.2, 0) is 14.3 Å². The third-order valence-corrected chi connectivity index (χ3v) is 4.01. The normalized spacial score (nSPS) is 24.1. The molecule has 9 nitrogen and oxygen atoms in total. The third-order valence-electron chi connectivity index (χ3n) is 4.01. The van der Waals surface area contributed by atoms with Crippen molar-refractivity contribution in [2.24, 2.45) is 10.1 Å². The van der Waals surface area contributed by atoms with Crippen LogP contribution >= 0.6 is 0 Å². The number of hydrogen-bond donors (Lipinski definition) is 3. The average Bonchev–Trinajstić information content (AvgIpc) is 3.18. The molecule has 3 heterocycles. The average molecular weight is 358 g/mol. The van der Waals surface area contributed by atoms with Gasteiger partial charge in [0, 0.05) is 12.2 Å². The van der Waals surface area contributed by atoms with Gasteiger partial charge < -0.3 is 20.3 Å². The molecule has 3 rings (SSSR count). The Kier molecular flexibility index (Phi) is 5.35. The summed E-state index contributed by atoms with van der Waals surface area (Å²) >= 11 is 0. The lowest BCUT2D eigenvalue weighted by molar-refractivity contribution is -0.144. The summed E-state index contributed by atoms with van der Waals surface area (Å²) in [5, 5.41) is 10.0. The van der Waals surface area contributed by atoms with E-state index in [2.05, 4.69) is 26.2 Å². The fraction of sp³-hybridized carbons (Fsp3) is 0.412. The predicted octanol–water partition coefficient (Wildman–Crippen LogP) is -0.389. The molecule has 0 saturated heterocycles. The van der Waals surface area contributed by atoms with Crippen LogP contribution in [0.25, 0.3) is 0 Å². The number of allylic oxidation sites excluding steroid dienone is 3. The van der Waals surface area contributed by atoms with E-state index in [4.69, 9.17) is 4.74 Å². The second-order valence-electron chi connectivity index (χ2n) is 5.94. The fourth-order valence-corrected chi connectivity index (χ4v) is 2.67. The van der Waals surface area contributed by atoms with Crippen LogP contribution in [0.5, 0.6) is 0 Å². The van der Waals surface area contributed by atoms with Gasteiger partial charge in [-0.3, -0.25) is 15.2 Å². The van der Waals surface area contributed by atoms with Crippen LogP contribution in [0.1, 0.15) is 13.8 Å². The van der Waals surface area contributed by atoms with Gasteiger partial charge in [-0.1, -0.05) is 0 Å². The quantitative estimate of drug-likeness (QED) is 0.591. The van der Waals surface area contributed by atoms with Crippen molar-refractivity contribution in [1.82, 2.24) is 21.0 Å². The van der Waals surface area contributed by atoms with Crippen LogP contribution in [0.3, 0.4) is 0 Å². The van der Waals surface area contributed by atoms with E-state index in [1.54, 1.807) is 37.6 Å². The third kappa shape index (κ3) is 3.93. The highest BCUT2D eigenvalue weighted by atomic mass is 16.5. The number of nitrogens with one attached hydrogen (secondary N) is 3. The number of rotatable bonds is 4. The Balaban J connectivity index is 1.62. The molecular formula is C17H22N6O3. The van der Waals surface area contributed by atoms with E-state index in [0.29, 0.717) is 11.5 Å². The van der Waals surface area contributed by atoms with Crippen molar-refractivity contribution in [2.45, 2.75) is 25.9 Å². The van der Waals surface area contributed by atoms with Crippen LogP contribution in [0.4, 0.5) is 0 Å². The van der Waals surface area contributed by atoms with E-state index < -0.39 is 18.1 Å². The highest BCUT2D eigenvalue weighted by molar-refractivity contribution is 6.02. The number of carbonyl (C=O) groups excluding carboxylic acids is 2. The summed E-state index contributed by atoms with van der Waals surface area (Å²) in [7, 11) is 0. The molecule has 3 aliphatic rings. The molecule has 3 aliphatic heterocycles. The number of dihydropyridines is 1. The molecule has 1 amide bonds. The van der Waals surface area contributed by atoms with Crippen molar-refractivity contribution in [3.63, 3.8) is 0 Å². The topological polar surface area (TPSA) is 107 Å². The molecule has 0 fully saturated rings. The number of hydrazone groups is 1. The van der Waals surface area contributed by atoms with Gasteiger partial charge in [-0.15, -0.1) is 0 Å². The van der Waals surface area contributed by atoms with E-state index in [1.807, 2.05) is 11.8 Å². The summed E-state index contributed by atoms with van der Waals surface area (Å²) in [6, 6.07) is -1.37. The molecule has 9 heteroatoms. The van der Waals surface area contributed by atoms with Crippen LogP contribution < -0.4 is 16.1 Å². The summed E-state index contributed by atoms with van der Waals surface area (Å²) < 4.78 is 5.07. The Morgan fingerprint density at radius 3 is 2.92 bits per heavy atom. The number of esters is 1. The first-order chi connectivity index (χ1) is 12.6. The fourth-order valence-electron chi connectivity index (χ4n) is 2.67. The number of amides is 1. The molecule has 26 heavy (non-hydrogen) atoms. The Hall–Kier alpha value is -3.10. The molecule has 2 unspecified atom stereocenters. The molecule has 0 bridgehead atoms. The molecule has 138 valence electrons. The minimum absolute atomic E-state index is 0.269. The van der Waals surface area contributed by atoms with Gasteiger partial charge in [0.05, 0.1) is 25.2 Å². The smallest absolute Gasteiger partial charge is 0.334 e. The first-order valence-corrected chi connectivity index (χ1v) is 8.49. The van der Waals surface area contributed by atoms with Gasteiger partial charge in [0.2, 0.25) is 0 Å². The second-order valence-corrected chi connectivity index (χ2v) is 5.94. The zero-order chi connectivity index (χ0) is 18.5. The van der Waals surface area contributed by atoms with Crippen molar-refractivity contribution in [1.29, 1.82) is 0 Å². The lowest BCUT2D eigenvalue weighted by atomic mass is 10.1. The Bertz CT molecular complexity index is 737. The van der Waals surface area contributed by atoms with Gasteiger partial charge >= 0.3 is 5.97 Å². The monoisotopic (exact) mass is 358 g/mol. The summed E-state index contributed by atoms with van der Waals surface area (Å²) in [5.41, 5.74) is 4.08. The molecule has 0 aromatic heterocycles. The molecule has 0 radical (unpaired) electrons. The molecule has 3 N–H and O–H groups in total. The van der Waals surface area contributed by atoms with Crippen molar-refractivity contribution < 1.29 is 14.3 Å². The summed E-state index contributed by atoms with van der Waals surface area (Å²) in [4.78, 5) is 30.7. The largest absolute Gasteiger partial charge is 0.464 e. The van der Waals surface area contributed by atoms with Crippen LogP contribution in [-0.4, -0.2) is 60.7 Å². The zero-order valence-electron chi connectivity index (χ0n) is 14.7. The number of carbonyl (C=O) groups is 2. The van der Waals surface area contributed by atoms with E-state index in [-0.39, 0.29) is 12.5 Å². The molecule has 0 aromatic rings. The molecule has 0 aromatic carbocycles. The van der Waals surface area contributed by atoms with Gasteiger partial charge in [-0.25, -0.2) is 4.79 Å². The lowest BCUT2D eigenvalue weighted by Gasteiger charge is -2.26. The Morgan fingerprint density at radius 2 is 2.27 bits per heavy atom. The molecular weight excluding hydrogens is 336 g/mol. The van der Waals surface area contributed by atoms with Gasteiger partial charge in [0.15, 0.2) is 11.9 Å². The number of amidine groups is 1. The molecule has 0 saturated carbocycles. The molecule has 0 spiro atoms. The van der Waals surface area contributed by atoms with Gasteiger partial charge in [0.1, 0.15) is 6.04 Å². The lowest BCUT2D eigenvalue weighted by Crippen LogP contribution is -2.50. The number of hydrogen-bond acceptors (Lipinski definition) is 8. The van der Waals surface area contributed by atoms with Crippen molar-refractivity contribution in [3.05, 3.63) is 35.7 Å². The number of nitrogens with zero attached hydrogens (tertiary/aromatic N) is 3. The first kappa shape index (κ1) is 17.7. The Morgan fingerprint density at radius 1 is 1.42 bits per heavy atom. The summed E-state index contributed by atoms with van der Waals surface area (Å²) in [5.74, 6) is -0.0430. The van der Waals surface area contributed by atoms with Gasteiger partial charge in [-0.2, -0.15) is 5.10 Å². The van der Waals surface area contributed by atoms with E-state index >= 15 is 0 Å².